The smallest absolute Gasteiger partial charge is 0.426 e. The molecule has 0 fully saturated rings. The molecule has 0 radical (unpaired) electrons. The molecule has 2 rings (SSSR count). The predicted octanol–water partition coefficient (Wildman–Crippen LogP) is 4.28. The van der Waals surface area contributed by atoms with Crippen LogP contribution in [-0.4, -0.2) is 18.8 Å². The van der Waals surface area contributed by atoms with Gasteiger partial charge in [-0.3, -0.25) is 0 Å². The molecular weight excluding hydrogens is 303 g/mol. The highest BCUT2D eigenvalue weighted by Crippen LogP contribution is 2.33. The van der Waals surface area contributed by atoms with Gasteiger partial charge in [-0.15, -0.1) is 0 Å². The largest absolute Gasteiger partial charge is 0.478 e. The van der Waals surface area contributed by atoms with Crippen LogP contribution in [0.25, 0.3) is 11.1 Å². The summed E-state index contributed by atoms with van der Waals surface area (Å²) in [4.78, 5) is 0. The van der Waals surface area contributed by atoms with E-state index in [0.29, 0.717) is 0 Å². The van der Waals surface area contributed by atoms with E-state index in [4.69, 9.17) is 22.1 Å². The Morgan fingerprint density at radius 3 is 2.24 bits per heavy atom. The number of rotatable bonds is 4. The van der Waals surface area contributed by atoms with Crippen LogP contribution in [-0.2, 0) is 0 Å². The van der Waals surface area contributed by atoms with Crippen molar-refractivity contribution in [2.45, 2.75) is 12.3 Å². The Kier molecular flexibility index (Phi) is 4.75. The van der Waals surface area contributed by atoms with Crippen LogP contribution in [0.4, 0.5) is 13.2 Å². The summed E-state index contributed by atoms with van der Waals surface area (Å²) in [7, 11) is 0. The molecule has 0 aliphatic carbocycles. The molecule has 112 valence electrons. The van der Waals surface area contributed by atoms with E-state index >= 15 is 0 Å². The fraction of sp³-hybridized carbons (Fsp3) is 0.200. The van der Waals surface area contributed by atoms with Gasteiger partial charge in [0.05, 0.1) is 5.02 Å². The summed E-state index contributed by atoms with van der Waals surface area (Å²) in [6.07, 6.45) is -6.60. The second-order valence-corrected chi connectivity index (χ2v) is 4.80. The molecular formula is C15H13ClF3NO. The van der Waals surface area contributed by atoms with Crippen LogP contribution in [0.5, 0.6) is 5.75 Å². The molecule has 2 nitrogen and oxygen atoms in total. The molecule has 0 heterocycles. The molecule has 0 aromatic heterocycles. The van der Waals surface area contributed by atoms with Gasteiger partial charge in [0, 0.05) is 6.54 Å². The van der Waals surface area contributed by atoms with Gasteiger partial charge in [0.25, 0.3) is 0 Å². The fourth-order valence-corrected chi connectivity index (χ4v) is 2.03. The van der Waals surface area contributed by atoms with E-state index in [1.807, 2.05) is 30.3 Å². The summed E-state index contributed by atoms with van der Waals surface area (Å²) in [5.74, 6) is -0.0378. The van der Waals surface area contributed by atoms with Crippen LogP contribution in [0.15, 0.2) is 48.5 Å². The average molecular weight is 316 g/mol. The molecule has 0 saturated carbocycles. The summed E-state index contributed by atoms with van der Waals surface area (Å²) in [5.41, 5.74) is 6.80. The van der Waals surface area contributed by atoms with E-state index in [9.17, 15) is 13.2 Å². The molecule has 0 saturated heterocycles. The molecule has 1 atom stereocenters. The van der Waals surface area contributed by atoms with Crippen molar-refractivity contribution in [2.75, 3.05) is 6.54 Å². The maximum Gasteiger partial charge on any atom is 0.426 e. The van der Waals surface area contributed by atoms with Gasteiger partial charge in [0.2, 0.25) is 6.10 Å². The average Bonchev–Trinajstić information content (AvgIpc) is 2.45. The lowest BCUT2D eigenvalue weighted by Crippen LogP contribution is -2.40. The monoisotopic (exact) mass is 315 g/mol. The quantitative estimate of drug-likeness (QED) is 0.914. The van der Waals surface area contributed by atoms with Crippen molar-refractivity contribution in [3.05, 3.63) is 53.6 Å². The van der Waals surface area contributed by atoms with Gasteiger partial charge in [-0.2, -0.15) is 13.2 Å². The van der Waals surface area contributed by atoms with Crippen molar-refractivity contribution in [1.82, 2.24) is 0 Å². The minimum atomic E-state index is -4.53. The second-order valence-electron chi connectivity index (χ2n) is 4.40. The van der Waals surface area contributed by atoms with Crippen LogP contribution in [0, 0.1) is 0 Å². The second kappa shape index (κ2) is 6.37. The highest BCUT2D eigenvalue weighted by molar-refractivity contribution is 6.32. The van der Waals surface area contributed by atoms with Gasteiger partial charge in [0.1, 0.15) is 5.75 Å². The molecule has 0 aliphatic heterocycles. The van der Waals surface area contributed by atoms with Gasteiger partial charge < -0.3 is 10.5 Å². The Morgan fingerprint density at radius 2 is 1.71 bits per heavy atom. The highest BCUT2D eigenvalue weighted by atomic mass is 35.5. The van der Waals surface area contributed by atoms with E-state index in [1.165, 1.54) is 6.07 Å². The number of nitrogens with two attached hydrogens (primary N) is 1. The van der Waals surface area contributed by atoms with E-state index in [-0.39, 0.29) is 10.8 Å². The van der Waals surface area contributed by atoms with Crippen molar-refractivity contribution in [3.8, 4) is 16.9 Å². The molecule has 0 spiro atoms. The normalized spacial score (nSPS) is 13.0. The van der Waals surface area contributed by atoms with E-state index in [2.05, 4.69) is 0 Å². The maximum atomic E-state index is 12.6. The Bertz CT molecular complexity index is 602. The first-order chi connectivity index (χ1) is 9.91. The summed E-state index contributed by atoms with van der Waals surface area (Å²) >= 11 is 6.00. The number of benzene rings is 2. The Hall–Kier alpha value is -1.72. The molecule has 0 amide bonds. The maximum absolute atomic E-state index is 12.6. The van der Waals surface area contributed by atoms with Gasteiger partial charge in [-0.25, -0.2) is 0 Å². The summed E-state index contributed by atoms with van der Waals surface area (Å²) in [5, 5.41) is 0.110. The molecule has 0 aliphatic rings. The first kappa shape index (κ1) is 15.7. The Balaban J connectivity index is 2.24. The first-order valence-electron chi connectivity index (χ1n) is 6.20. The van der Waals surface area contributed by atoms with Gasteiger partial charge >= 0.3 is 6.18 Å². The van der Waals surface area contributed by atoms with Gasteiger partial charge in [-0.05, 0) is 23.3 Å². The van der Waals surface area contributed by atoms with Crippen LogP contribution in [0.3, 0.4) is 0 Å². The third-order valence-electron chi connectivity index (χ3n) is 2.89. The fourth-order valence-electron chi connectivity index (χ4n) is 1.81. The summed E-state index contributed by atoms with van der Waals surface area (Å²) in [6, 6.07) is 14.0. The molecule has 0 bridgehead atoms. The third-order valence-corrected chi connectivity index (χ3v) is 3.18. The minimum Gasteiger partial charge on any atom is -0.478 e. The van der Waals surface area contributed by atoms with Crippen molar-refractivity contribution in [2.24, 2.45) is 5.73 Å². The lowest BCUT2D eigenvalue weighted by molar-refractivity contribution is -0.191. The van der Waals surface area contributed by atoms with Gasteiger partial charge in [0.15, 0.2) is 0 Å². The third kappa shape index (κ3) is 3.89. The summed E-state index contributed by atoms with van der Waals surface area (Å²) < 4.78 is 42.8. The van der Waals surface area contributed by atoms with Crippen molar-refractivity contribution in [3.63, 3.8) is 0 Å². The molecule has 2 aromatic carbocycles. The van der Waals surface area contributed by atoms with Crippen molar-refractivity contribution in [1.29, 1.82) is 0 Å². The molecule has 21 heavy (non-hydrogen) atoms. The number of hydrogen-bond acceptors (Lipinski definition) is 2. The summed E-state index contributed by atoms with van der Waals surface area (Å²) in [6.45, 7) is -0.666. The molecule has 2 aromatic rings. The number of halogens is 4. The predicted molar refractivity (Wildman–Crippen MR) is 76.4 cm³/mol. The van der Waals surface area contributed by atoms with E-state index in [0.717, 1.165) is 11.1 Å². The van der Waals surface area contributed by atoms with E-state index in [1.54, 1.807) is 12.1 Å². The molecule has 2 N–H and O–H groups in total. The zero-order valence-corrected chi connectivity index (χ0v) is 11.7. The van der Waals surface area contributed by atoms with Crippen LogP contribution < -0.4 is 10.5 Å². The Labute approximate surface area is 125 Å². The number of ether oxygens (including phenoxy) is 1. The van der Waals surface area contributed by atoms with E-state index < -0.39 is 18.8 Å². The van der Waals surface area contributed by atoms with Crippen LogP contribution in [0.1, 0.15) is 0 Å². The standard InChI is InChI=1S/C15H13ClF3NO/c16-12-8-11(10-4-2-1-3-5-10)6-7-13(12)21-14(9-20)15(17,18)19/h1-8,14H,9,20H2. The number of hydrogen-bond donors (Lipinski definition) is 1. The van der Waals surface area contributed by atoms with Crippen molar-refractivity contribution < 1.29 is 17.9 Å². The minimum absolute atomic E-state index is 0.0378. The van der Waals surface area contributed by atoms with Crippen molar-refractivity contribution >= 4 is 11.6 Å². The molecule has 1 unspecified atom stereocenters. The van der Waals surface area contributed by atoms with Gasteiger partial charge in [-0.1, -0.05) is 48.0 Å². The lowest BCUT2D eigenvalue weighted by atomic mass is 10.1. The zero-order chi connectivity index (χ0) is 15.5. The Morgan fingerprint density at radius 1 is 1.05 bits per heavy atom. The highest BCUT2D eigenvalue weighted by Gasteiger charge is 2.41. The topological polar surface area (TPSA) is 35.2 Å². The number of alkyl halides is 3. The zero-order valence-electron chi connectivity index (χ0n) is 10.9. The first-order valence-corrected chi connectivity index (χ1v) is 6.58. The van der Waals surface area contributed by atoms with Crippen LogP contribution in [0.2, 0.25) is 5.02 Å². The molecule has 6 heteroatoms. The van der Waals surface area contributed by atoms with Crippen LogP contribution >= 0.6 is 11.6 Å². The lowest BCUT2D eigenvalue weighted by Gasteiger charge is -2.21. The SMILES string of the molecule is NCC(Oc1ccc(-c2ccccc2)cc1Cl)C(F)(F)F.